The van der Waals surface area contributed by atoms with E-state index in [1.807, 2.05) is 13.8 Å². The molecule has 0 bridgehead atoms. The van der Waals surface area contributed by atoms with Gasteiger partial charge in [-0.1, -0.05) is 23.7 Å². The number of rotatable bonds is 3. The average Bonchev–Trinajstić information content (AvgIpc) is 2.34. The van der Waals surface area contributed by atoms with Gasteiger partial charge in [0.1, 0.15) is 11.6 Å². The van der Waals surface area contributed by atoms with Crippen LogP contribution in [0.3, 0.4) is 0 Å². The van der Waals surface area contributed by atoms with Crippen molar-refractivity contribution in [3.8, 4) is 0 Å². The molecule has 0 radical (unpaired) electrons. The van der Waals surface area contributed by atoms with Crippen molar-refractivity contribution in [3.05, 3.63) is 57.9 Å². The lowest BCUT2D eigenvalue weighted by Gasteiger charge is -2.09. The van der Waals surface area contributed by atoms with E-state index in [0.29, 0.717) is 17.8 Å². The van der Waals surface area contributed by atoms with Gasteiger partial charge in [0, 0.05) is 23.9 Å². The Bertz CT molecular complexity index is 600. The number of hydrogen-bond donors (Lipinski definition) is 0. The smallest absolute Gasteiger partial charge is 0.145 e. The lowest BCUT2D eigenvalue weighted by atomic mass is 10.1. The van der Waals surface area contributed by atoms with E-state index in [-0.39, 0.29) is 10.4 Å². The molecule has 2 aromatic rings. The minimum Gasteiger partial charge on any atom is -0.241 e. The molecular weight excluding hydrogens is 286 g/mol. The van der Waals surface area contributed by atoms with Crippen molar-refractivity contribution < 1.29 is 4.39 Å². The summed E-state index contributed by atoms with van der Waals surface area (Å²) in [6.07, 6.45) is 2.00. The molecule has 1 aromatic heterocycles. The predicted molar refractivity (Wildman–Crippen MR) is 75.3 cm³/mol. The van der Waals surface area contributed by atoms with Crippen molar-refractivity contribution in [1.82, 2.24) is 9.97 Å². The number of benzene rings is 1. The highest BCUT2D eigenvalue weighted by molar-refractivity contribution is 6.30. The van der Waals surface area contributed by atoms with Crippen LogP contribution < -0.4 is 0 Å². The van der Waals surface area contributed by atoms with Crippen LogP contribution in [0.1, 0.15) is 34.9 Å². The SMILES string of the molecule is Cc1nc(Cc2cccc(Cl)c2F)ncc1C(C)Cl. The van der Waals surface area contributed by atoms with Crippen LogP contribution in [0.4, 0.5) is 4.39 Å². The summed E-state index contributed by atoms with van der Waals surface area (Å²) in [7, 11) is 0. The van der Waals surface area contributed by atoms with Crippen molar-refractivity contribution in [3.63, 3.8) is 0 Å². The van der Waals surface area contributed by atoms with Crippen LogP contribution in [0.25, 0.3) is 0 Å². The molecule has 1 heterocycles. The average molecular weight is 299 g/mol. The summed E-state index contributed by atoms with van der Waals surface area (Å²) in [5.74, 6) is 0.139. The number of halogens is 3. The molecule has 0 amide bonds. The molecule has 19 heavy (non-hydrogen) atoms. The largest absolute Gasteiger partial charge is 0.241 e. The molecule has 0 saturated heterocycles. The highest BCUT2D eigenvalue weighted by Crippen LogP contribution is 2.23. The lowest BCUT2D eigenvalue weighted by Crippen LogP contribution is -2.03. The van der Waals surface area contributed by atoms with Crippen molar-refractivity contribution in [1.29, 1.82) is 0 Å². The van der Waals surface area contributed by atoms with Crippen LogP contribution in [0, 0.1) is 12.7 Å². The highest BCUT2D eigenvalue weighted by Gasteiger charge is 2.11. The van der Waals surface area contributed by atoms with E-state index in [4.69, 9.17) is 23.2 Å². The molecule has 100 valence electrons. The molecule has 1 unspecified atom stereocenters. The van der Waals surface area contributed by atoms with Gasteiger partial charge < -0.3 is 0 Å². The second kappa shape index (κ2) is 5.85. The first-order valence-electron chi connectivity index (χ1n) is 5.88. The maximum Gasteiger partial charge on any atom is 0.145 e. The molecule has 0 spiro atoms. The third-order valence-electron chi connectivity index (χ3n) is 2.88. The zero-order chi connectivity index (χ0) is 14.0. The molecule has 0 N–H and O–H groups in total. The predicted octanol–water partition coefficient (Wildman–Crippen LogP) is 4.47. The Kier molecular flexibility index (Phi) is 4.38. The Morgan fingerprint density at radius 2 is 2.11 bits per heavy atom. The summed E-state index contributed by atoms with van der Waals surface area (Å²) in [4.78, 5) is 8.58. The maximum atomic E-state index is 13.8. The van der Waals surface area contributed by atoms with Crippen LogP contribution in [0.2, 0.25) is 5.02 Å². The van der Waals surface area contributed by atoms with Crippen LogP contribution >= 0.6 is 23.2 Å². The Morgan fingerprint density at radius 3 is 2.74 bits per heavy atom. The Labute approximate surface area is 121 Å². The van der Waals surface area contributed by atoms with Gasteiger partial charge in [-0.3, -0.25) is 0 Å². The van der Waals surface area contributed by atoms with Gasteiger partial charge >= 0.3 is 0 Å². The fourth-order valence-electron chi connectivity index (χ4n) is 1.86. The molecule has 0 aliphatic carbocycles. The molecule has 0 aliphatic rings. The first kappa shape index (κ1) is 14.2. The van der Waals surface area contributed by atoms with E-state index in [2.05, 4.69) is 9.97 Å². The molecule has 0 fully saturated rings. The minimum atomic E-state index is -0.416. The first-order chi connectivity index (χ1) is 8.99. The van der Waals surface area contributed by atoms with Crippen LogP contribution in [0.15, 0.2) is 24.4 Å². The third-order valence-corrected chi connectivity index (χ3v) is 3.40. The van der Waals surface area contributed by atoms with Gasteiger partial charge in [-0.05, 0) is 25.5 Å². The van der Waals surface area contributed by atoms with Crippen molar-refractivity contribution in [2.75, 3.05) is 0 Å². The molecule has 1 atom stereocenters. The Balaban J connectivity index is 2.29. The maximum absolute atomic E-state index is 13.8. The van der Waals surface area contributed by atoms with E-state index >= 15 is 0 Å². The fourth-order valence-corrected chi connectivity index (χ4v) is 2.26. The van der Waals surface area contributed by atoms with Gasteiger partial charge in [0.25, 0.3) is 0 Å². The van der Waals surface area contributed by atoms with E-state index in [0.717, 1.165) is 11.3 Å². The van der Waals surface area contributed by atoms with Crippen molar-refractivity contribution in [2.45, 2.75) is 25.6 Å². The number of aryl methyl sites for hydroxylation is 1. The van der Waals surface area contributed by atoms with Gasteiger partial charge in [-0.15, -0.1) is 11.6 Å². The number of nitrogens with zero attached hydrogens (tertiary/aromatic N) is 2. The van der Waals surface area contributed by atoms with Gasteiger partial charge in [-0.2, -0.15) is 0 Å². The molecule has 5 heteroatoms. The molecule has 0 aliphatic heterocycles. The number of aromatic nitrogens is 2. The second-order valence-corrected chi connectivity index (χ2v) is 5.39. The van der Waals surface area contributed by atoms with Crippen molar-refractivity contribution in [2.24, 2.45) is 0 Å². The summed E-state index contributed by atoms with van der Waals surface area (Å²) in [6.45, 7) is 3.73. The summed E-state index contributed by atoms with van der Waals surface area (Å²) >= 11 is 11.8. The Hall–Kier alpha value is -1.19. The summed E-state index contributed by atoms with van der Waals surface area (Å²) in [5, 5.41) is -0.0304. The van der Waals surface area contributed by atoms with Gasteiger partial charge in [0.15, 0.2) is 0 Å². The zero-order valence-electron chi connectivity index (χ0n) is 10.6. The Morgan fingerprint density at radius 1 is 1.37 bits per heavy atom. The van der Waals surface area contributed by atoms with E-state index in [1.165, 1.54) is 6.07 Å². The zero-order valence-corrected chi connectivity index (χ0v) is 12.1. The number of hydrogen-bond acceptors (Lipinski definition) is 2. The van der Waals surface area contributed by atoms with Crippen LogP contribution in [-0.4, -0.2) is 9.97 Å². The lowest BCUT2D eigenvalue weighted by molar-refractivity contribution is 0.612. The molecular formula is C14H13Cl2FN2. The van der Waals surface area contributed by atoms with Crippen molar-refractivity contribution >= 4 is 23.2 Å². The van der Waals surface area contributed by atoms with E-state index < -0.39 is 5.82 Å². The topological polar surface area (TPSA) is 25.8 Å². The molecule has 2 nitrogen and oxygen atoms in total. The summed E-state index contributed by atoms with van der Waals surface area (Å²) in [5.41, 5.74) is 2.19. The van der Waals surface area contributed by atoms with Crippen LogP contribution in [-0.2, 0) is 6.42 Å². The van der Waals surface area contributed by atoms with Crippen LogP contribution in [0.5, 0.6) is 0 Å². The summed E-state index contributed by atoms with van der Waals surface area (Å²) in [6, 6.07) is 4.91. The van der Waals surface area contributed by atoms with Gasteiger partial charge in [0.05, 0.1) is 10.4 Å². The van der Waals surface area contributed by atoms with Gasteiger partial charge in [-0.25, -0.2) is 14.4 Å². The monoisotopic (exact) mass is 298 g/mol. The molecule has 2 rings (SSSR count). The quantitative estimate of drug-likeness (QED) is 0.782. The standard InChI is InChI=1S/C14H13Cl2FN2/c1-8(15)11-7-18-13(19-9(11)2)6-10-4-3-5-12(16)14(10)17/h3-5,7-8H,6H2,1-2H3. The normalized spacial score (nSPS) is 12.5. The summed E-state index contributed by atoms with van der Waals surface area (Å²) < 4.78 is 13.8. The second-order valence-electron chi connectivity index (χ2n) is 4.33. The van der Waals surface area contributed by atoms with E-state index in [9.17, 15) is 4.39 Å². The molecule has 1 aromatic carbocycles. The third kappa shape index (κ3) is 3.23. The first-order valence-corrected chi connectivity index (χ1v) is 6.70. The van der Waals surface area contributed by atoms with E-state index in [1.54, 1.807) is 18.3 Å². The fraction of sp³-hybridized carbons (Fsp3) is 0.286. The minimum absolute atomic E-state index is 0.111. The van der Waals surface area contributed by atoms with Gasteiger partial charge in [0.2, 0.25) is 0 Å². The highest BCUT2D eigenvalue weighted by atomic mass is 35.5. The number of alkyl halides is 1. The molecule has 0 saturated carbocycles.